The Bertz CT molecular complexity index is 690. The van der Waals surface area contributed by atoms with E-state index in [9.17, 15) is 9.46 Å². The van der Waals surface area contributed by atoms with E-state index in [1.165, 1.54) is 0 Å². The minimum Gasteiger partial charge on any atom is -0.302 e. The van der Waals surface area contributed by atoms with Crippen LogP contribution in [0.5, 0.6) is 0 Å². The molecule has 1 aliphatic rings. The van der Waals surface area contributed by atoms with Crippen molar-refractivity contribution in [2.45, 2.75) is 20.0 Å². The molecule has 2 atom stereocenters. The van der Waals surface area contributed by atoms with Gasteiger partial charge in [-0.15, -0.1) is 0 Å². The summed E-state index contributed by atoms with van der Waals surface area (Å²) in [6.45, 7) is 4.13. The lowest BCUT2D eigenvalue weighted by Gasteiger charge is -2.39. The van der Waals surface area contributed by atoms with Crippen LogP contribution in [0, 0.1) is 5.41 Å². The third-order valence-corrected chi connectivity index (χ3v) is 4.59. The van der Waals surface area contributed by atoms with Crippen LogP contribution in [0.25, 0.3) is 10.8 Å². The van der Waals surface area contributed by atoms with Crippen molar-refractivity contribution in [3.63, 3.8) is 0 Å². The van der Waals surface area contributed by atoms with Crippen LogP contribution in [0.3, 0.4) is 0 Å². The summed E-state index contributed by atoms with van der Waals surface area (Å²) in [7, 11) is -3.97. The number of phosphoric ester groups is 1. The number of rotatable bonds is 1. The first kappa shape index (κ1) is 13.8. The Balaban J connectivity index is 2.15. The fourth-order valence-electron chi connectivity index (χ4n) is 2.59. The van der Waals surface area contributed by atoms with Crippen molar-refractivity contribution in [3.05, 3.63) is 48.0 Å². The van der Waals surface area contributed by atoms with Crippen molar-refractivity contribution < 1.29 is 18.5 Å². The fraction of sp³-hybridized carbons (Fsp3) is 0.333. The molecule has 0 aliphatic carbocycles. The van der Waals surface area contributed by atoms with Gasteiger partial charge in [-0.25, -0.2) is 4.57 Å². The molecule has 5 heteroatoms. The highest BCUT2D eigenvalue weighted by Crippen LogP contribution is 2.58. The molecule has 2 aromatic carbocycles. The van der Waals surface area contributed by atoms with Crippen LogP contribution < -0.4 is 0 Å². The van der Waals surface area contributed by atoms with Gasteiger partial charge >= 0.3 is 7.82 Å². The summed E-state index contributed by atoms with van der Waals surface area (Å²) in [6.07, 6.45) is -0.474. The van der Waals surface area contributed by atoms with Crippen LogP contribution in [0.15, 0.2) is 42.5 Å². The SMILES string of the molecule is CC1(C)COP(=O)(O)OC1c1cccc2ccccc12. The standard InChI is InChI=1S/C15H17O4P/c1-15(2)10-18-20(16,17)19-14(15)13-9-5-7-11-6-3-4-8-12(11)13/h3-9,14H,10H2,1-2H3,(H,16,17). The van der Waals surface area contributed by atoms with Crippen molar-refractivity contribution in [2.24, 2.45) is 5.41 Å². The smallest absolute Gasteiger partial charge is 0.302 e. The molecule has 20 heavy (non-hydrogen) atoms. The van der Waals surface area contributed by atoms with Gasteiger partial charge < -0.3 is 4.89 Å². The average molecular weight is 292 g/mol. The Hall–Kier alpha value is -1.19. The summed E-state index contributed by atoms with van der Waals surface area (Å²) in [5.41, 5.74) is 0.548. The largest absolute Gasteiger partial charge is 0.472 e. The minimum atomic E-state index is -3.97. The summed E-state index contributed by atoms with van der Waals surface area (Å²) < 4.78 is 22.1. The lowest BCUT2D eigenvalue weighted by atomic mass is 9.82. The van der Waals surface area contributed by atoms with Gasteiger partial charge in [0.05, 0.1) is 6.61 Å². The Kier molecular flexibility index (Phi) is 3.22. The maximum Gasteiger partial charge on any atom is 0.472 e. The molecule has 1 aliphatic heterocycles. The molecule has 1 heterocycles. The van der Waals surface area contributed by atoms with Crippen molar-refractivity contribution >= 4 is 18.6 Å². The Morgan fingerprint density at radius 2 is 1.90 bits per heavy atom. The number of hydrogen-bond acceptors (Lipinski definition) is 3. The maximum atomic E-state index is 11.8. The van der Waals surface area contributed by atoms with Gasteiger partial charge in [0, 0.05) is 5.41 Å². The molecule has 1 fully saturated rings. The van der Waals surface area contributed by atoms with Crippen molar-refractivity contribution in [3.8, 4) is 0 Å². The number of fused-ring (bicyclic) bond motifs is 1. The minimum absolute atomic E-state index is 0.189. The van der Waals surface area contributed by atoms with E-state index in [-0.39, 0.29) is 12.0 Å². The Morgan fingerprint density at radius 1 is 1.20 bits per heavy atom. The van der Waals surface area contributed by atoms with E-state index in [4.69, 9.17) is 9.05 Å². The van der Waals surface area contributed by atoms with Gasteiger partial charge in [-0.05, 0) is 16.3 Å². The first-order valence-corrected chi connectivity index (χ1v) is 8.02. The molecule has 2 aromatic rings. The lowest BCUT2D eigenvalue weighted by molar-refractivity contribution is -0.0465. The van der Waals surface area contributed by atoms with Gasteiger partial charge in [-0.2, -0.15) is 0 Å². The van der Waals surface area contributed by atoms with E-state index >= 15 is 0 Å². The molecule has 4 nitrogen and oxygen atoms in total. The third-order valence-electron chi connectivity index (χ3n) is 3.65. The van der Waals surface area contributed by atoms with Crippen LogP contribution in [0.1, 0.15) is 25.5 Å². The monoisotopic (exact) mass is 292 g/mol. The molecular weight excluding hydrogens is 275 g/mol. The highest BCUT2D eigenvalue weighted by molar-refractivity contribution is 7.47. The first-order valence-electron chi connectivity index (χ1n) is 6.52. The van der Waals surface area contributed by atoms with E-state index in [1.54, 1.807) is 0 Å². The highest BCUT2D eigenvalue weighted by Gasteiger charge is 2.44. The fourth-order valence-corrected chi connectivity index (χ4v) is 3.81. The molecule has 106 valence electrons. The molecule has 2 unspecified atom stereocenters. The number of benzene rings is 2. The first-order chi connectivity index (χ1) is 9.39. The second kappa shape index (κ2) is 4.68. The van der Waals surface area contributed by atoms with E-state index in [0.717, 1.165) is 16.3 Å². The summed E-state index contributed by atoms with van der Waals surface area (Å²) in [4.78, 5) is 9.62. The topological polar surface area (TPSA) is 55.8 Å². The normalized spacial score (nSPS) is 29.4. The van der Waals surface area contributed by atoms with Crippen LogP contribution in [0.4, 0.5) is 0 Å². The van der Waals surface area contributed by atoms with Crippen LogP contribution >= 0.6 is 7.82 Å². The van der Waals surface area contributed by atoms with E-state index in [0.29, 0.717) is 0 Å². The summed E-state index contributed by atoms with van der Waals surface area (Å²) >= 11 is 0. The molecule has 1 saturated heterocycles. The second-order valence-electron chi connectivity index (χ2n) is 5.78. The summed E-state index contributed by atoms with van der Waals surface area (Å²) in [6, 6.07) is 13.8. The molecular formula is C15H17O4P. The van der Waals surface area contributed by atoms with E-state index < -0.39 is 13.9 Å². The van der Waals surface area contributed by atoms with Gasteiger partial charge in [0.15, 0.2) is 0 Å². The highest BCUT2D eigenvalue weighted by atomic mass is 31.2. The van der Waals surface area contributed by atoms with E-state index in [1.807, 2.05) is 56.3 Å². The van der Waals surface area contributed by atoms with Crippen LogP contribution in [0.2, 0.25) is 0 Å². The Morgan fingerprint density at radius 3 is 2.70 bits per heavy atom. The van der Waals surface area contributed by atoms with E-state index in [2.05, 4.69) is 0 Å². The zero-order valence-electron chi connectivity index (χ0n) is 11.4. The summed E-state index contributed by atoms with van der Waals surface area (Å²) in [5.74, 6) is 0. The number of hydrogen-bond donors (Lipinski definition) is 1. The predicted octanol–water partition coefficient (Wildman–Crippen LogP) is 4.05. The Labute approximate surface area is 118 Å². The zero-order chi connectivity index (χ0) is 14.4. The molecule has 0 bridgehead atoms. The predicted molar refractivity (Wildman–Crippen MR) is 77.3 cm³/mol. The van der Waals surface area contributed by atoms with Gasteiger partial charge in [-0.3, -0.25) is 9.05 Å². The molecule has 1 N–H and O–H groups in total. The molecule has 0 spiro atoms. The van der Waals surface area contributed by atoms with Gasteiger partial charge in [0.25, 0.3) is 0 Å². The van der Waals surface area contributed by atoms with Crippen LogP contribution in [-0.4, -0.2) is 11.5 Å². The quantitative estimate of drug-likeness (QED) is 0.805. The van der Waals surface area contributed by atoms with Crippen LogP contribution in [-0.2, 0) is 13.6 Å². The average Bonchev–Trinajstić information content (AvgIpc) is 2.41. The number of phosphoric acid groups is 1. The van der Waals surface area contributed by atoms with Crippen molar-refractivity contribution in [2.75, 3.05) is 6.61 Å². The maximum absolute atomic E-state index is 11.8. The lowest BCUT2D eigenvalue weighted by Crippen LogP contribution is -2.33. The van der Waals surface area contributed by atoms with Gasteiger partial charge in [0.1, 0.15) is 6.10 Å². The van der Waals surface area contributed by atoms with Gasteiger partial charge in [0.2, 0.25) is 0 Å². The molecule has 3 rings (SSSR count). The molecule has 0 aromatic heterocycles. The second-order valence-corrected chi connectivity index (χ2v) is 7.19. The van der Waals surface area contributed by atoms with Gasteiger partial charge in [-0.1, -0.05) is 56.3 Å². The van der Waals surface area contributed by atoms with Crippen molar-refractivity contribution in [1.82, 2.24) is 0 Å². The molecule has 0 radical (unpaired) electrons. The molecule has 0 saturated carbocycles. The summed E-state index contributed by atoms with van der Waals surface area (Å²) in [5, 5.41) is 2.12. The van der Waals surface area contributed by atoms with Crippen molar-refractivity contribution in [1.29, 1.82) is 0 Å². The zero-order valence-corrected chi connectivity index (χ0v) is 12.3. The molecule has 0 amide bonds. The third kappa shape index (κ3) is 2.40.